The van der Waals surface area contributed by atoms with Crippen molar-refractivity contribution in [3.8, 4) is 27.2 Å². The second-order valence-corrected chi connectivity index (χ2v) is 9.45. The summed E-state index contributed by atoms with van der Waals surface area (Å²) in [5.41, 5.74) is 3.10. The number of carboxylic acid groups (broad SMARTS) is 1. The normalized spacial score (nSPS) is 15.4. The lowest BCUT2D eigenvalue weighted by molar-refractivity contribution is 0.0701. The number of fused-ring (bicyclic) bond motifs is 1. The zero-order chi connectivity index (χ0) is 22.3. The highest BCUT2D eigenvalue weighted by molar-refractivity contribution is 7.17. The van der Waals surface area contributed by atoms with Crippen molar-refractivity contribution in [2.75, 3.05) is 0 Å². The third-order valence-electron chi connectivity index (χ3n) is 5.47. The molecular formula is C23H21FN4O2S. The van der Waals surface area contributed by atoms with E-state index in [1.165, 1.54) is 28.4 Å². The molecule has 0 bridgehead atoms. The molecule has 0 unspecified atom stereocenters. The van der Waals surface area contributed by atoms with Gasteiger partial charge in [0.1, 0.15) is 21.9 Å². The summed E-state index contributed by atoms with van der Waals surface area (Å²) in [5.74, 6) is -0.565. The van der Waals surface area contributed by atoms with Crippen LogP contribution in [0.3, 0.4) is 0 Å². The Morgan fingerprint density at radius 2 is 2.00 bits per heavy atom. The van der Waals surface area contributed by atoms with Crippen molar-refractivity contribution in [2.45, 2.75) is 45.2 Å². The molecule has 0 spiro atoms. The molecule has 6 nitrogen and oxygen atoms in total. The van der Waals surface area contributed by atoms with Gasteiger partial charge in [-0.2, -0.15) is 5.26 Å². The lowest BCUT2D eigenvalue weighted by Gasteiger charge is -2.38. The van der Waals surface area contributed by atoms with Crippen molar-refractivity contribution in [1.82, 2.24) is 15.1 Å². The number of halogens is 1. The fourth-order valence-electron chi connectivity index (χ4n) is 4.18. The summed E-state index contributed by atoms with van der Waals surface area (Å²) in [6, 6.07) is 11.8. The van der Waals surface area contributed by atoms with Crippen LogP contribution in [0, 0.1) is 17.1 Å². The van der Waals surface area contributed by atoms with Gasteiger partial charge in [0.15, 0.2) is 0 Å². The van der Waals surface area contributed by atoms with Gasteiger partial charge in [-0.05, 0) is 62.9 Å². The molecule has 8 heteroatoms. The third-order valence-corrected chi connectivity index (χ3v) is 6.47. The van der Waals surface area contributed by atoms with E-state index in [1.54, 1.807) is 6.07 Å². The second kappa shape index (κ2) is 7.75. The summed E-state index contributed by atoms with van der Waals surface area (Å²) >= 11 is 1.37. The van der Waals surface area contributed by atoms with Crippen LogP contribution in [0.2, 0.25) is 0 Å². The zero-order valence-electron chi connectivity index (χ0n) is 17.4. The predicted molar refractivity (Wildman–Crippen MR) is 116 cm³/mol. The topological polar surface area (TPSA) is 90.1 Å². The Labute approximate surface area is 183 Å². The Morgan fingerprint density at radius 1 is 1.26 bits per heavy atom. The summed E-state index contributed by atoms with van der Waals surface area (Å²) in [7, 11) is 0. The van der Waals surface area contributed by atoms with Crippen molar-refractivity contribution in [3.63, 3.8) is 0 Å². The average Bonchev–Trinajstić information content (AvgIpc) is 3.35. The average molecular weight is 437 g/mol. The number of aromatic nitrogens is 2. The number of nitriles is 1. The Balaban J connectivity index is 1.72. The van der Waals surface area contributed by atoms with Gasteiger partial charge in [0.05, 0.1) is 11.6 Å². The number of benzene rings is 2. The summed E-state index contributed by atoms with van der Waals surface area (Å²) in [4.78, 5) is 13.5. The van der Waals surface area contributed by atoms with Crippen molar-refractivity contribution >= 4 is 17.4 Å². The maximum atomic E-state index is 13.6. The molecule has 1 amide bonds. The molecule has 1 heterocycles. The van der Waals surface area contributed by atoms with Gasteiger partial charge < -0.3 is 5.11 Å². The van der Waals surface area contributed by atoms with Gasteiger partial charge in [-0.15, -0.1) is 10.2 Å². The maximum absolute atomic E-state index is 13.6. The van der Waals surface area contributed by atoms with Crippen LogP contribution in [-0.4, -0.2) is 31.8 Å². The molecule has 1 aliphatic rings. The minimum atomic E-state index is -0.932. The van der Waals surface area contributed by atoms with Crippen LogP contribution >= 0.6 is 11.3 Å². The molecule has 0 saturated heterocycles. The molecule has 1 atom stereocenters. The van der Waals surface area contributed by atoms with Crippen molar-refractivity contribution in [3.05, 3.63) is 58.9 Å². The lowest BCUT2D eigenvalue weighted by atomic mass is 9.98. The fraction of sp³-hybridized carbons (Fsp3) is 0.304. The lowest BCUT2D eigenvalue weighted by Crippen LogP contribution is -2.46. The molecule has 31 heavy (non-hydrogen) atoms. The summed E-state index contributed by atoms with van der Waals surface area (Å²) in [5, 5.41) is 28.8. The van der Waals surface area contributed by atoms with E-state index >= 15 is 0 Å². The molecular weight excluding hydrogens is 415 g/mol. The monoisotopic (exact) mass is 436 g/mol. The molecule has 0 aliphatic heterocycles. The number of nitrogens with zero attached hydrogens (tertiary/aromatic N) is 4. The first-order valence-electron chi connectivity index (χ1n) is 9.88. The molecule has 158 valence electrons. The first kappa shape index (κ1) is 20.9. The van der Waals surface area contributed by atoms with Gasteiger partial charge in [0, 0.05) is 16.7 Å². The van der Waals surface area contributed by atoms with E-state index in [-0.39, 0.29) is 11.6 Å². The van der Waals surface area contributed by atoms with Gasteiger partial charge >= 0.3 is 6.09 Å². The highest BCUT2D eigenvalue weighted by atomic mass is 32.1. The molecule has 2 aromatic carbocycles. The first-order chi connectivity index (χ1) is 14.7. The Bertz CT molecular complexity index is 1210. The minimum absolute atomic E-state index is 0.0337. The van der Waals surface area contributed by atoms with E-state index < -0.39 is 17.4 Å². The smallest absolute Gasteiger partial charge is 0.408 e. The first-order valence-corrected chi connectivity index (χ1v) is 10.7. The number of hydrogen-bond donors (Lipinski definition) is 1. The summed E-state index contributed by atoms with van der Waals surface area (Å²) in [6.45, 7) is 5.70. The van der Waals surface area contributed by atoms with Crippen LogP contribution in [0.1, 0.15) is 49.9 Å². The van der Waals surface area contributed by atoms with E-state index in [9.17, 15) is 14.3 Å². The Morgan fingerprint density at radius 3 is 2.68 bits per heavy atom. The highest BCUT2D eigenvalue weighted by Gasteiger charge is 2.38. The number of rotatable bonds is 3. The van der Waals surface area contributed by atoms with Gasteiger partial charge in [0.25, 0.3) is 0 Å². The summed E-state index contributed by atoms with van der Waals surface area (Å²) in [6.07, 6.45) is 0.532. The van der Waals surface area contributed by atoms with Crippen LogP contribution in [0.15, 0.2) is 36.4 Å². The van der Waals surface area contributed by atoms with E-state index in [0.29, 0.717) is 22.0 Å². The molecule has 1 N–H and O–H groups in total. The summed E-state index contributed by atoms with van der Waals surface area (Å²) < 4.78 is 13.6. The second-order valence-electron chi connectivity index (χ2n) is 8.47. The van der Waals surface area contributed by atoms with Crippen LogP contribution < -0.4 is 0 Å². The highest BCUT2D eigenvalue weighted by Crippen LogP contribution is 2.44. The third kappa shape index (κ3) is 3.77. The predicted octanol–water partition coefficient (Wildman–Crippen LogP) is 5.65. The standard InChI is InChI=1S/C23H21FN4O2S/c1-23(2,3)28(22(29)30)19-10-8-15-16(19)5-4-6-17(15)21-27-26-20(31-21)13-7-9-18(24)14(11-13)12-25/h4-7,9,11,19H,8,10H2,1-3H3,(H,29,30)/t19-/m1/s1. The van der Waals surface area contributed by atoms with Gasteiger partial charge in [0.2, 0.25) is 0 Å². The van der Waals surface area contributed by atoms with Crippen molar-refractivity contribution < 1.29 is 14.3 Å². The van der Waals surface area contributed by atoms with Crippen LogP contribution in [0.5, 0.6) is 0 Å². The number of carbonyl (C=O) groups is 1. The van der Waals surface area contributed by atoms with E-state index in [0.717, 1.165) is 23.1 Å². The molecule has 3 aromatic rings. The van der Waals surface area contributed by atoms with Gasteiger partial charge in [-0.1, -0.05) is 29.5 Å². The van der Waals surface area contributed by atoms with Crippen LogP contribution in [-0.2, 0) is 6.42 Å². The molecule has 1 aromatic heterocycles. The Kier molecular flexibility index (Phi) is 5.23. The fourth-order valence-corrected chi connectivity index (χ4v) is 5.07. The largest absolute Gasteiger partial charge is 0.465 e. The molecule has 0 radical (unpaired) electrons. The molecule has 1 aliphatic carbocycles. The molecule has 0 fully saturated rings. The molecule has 4 rings (SSSR count). The van der Waals surface area contributed by atoms with E-state index in [4.69, 9.17) is 5.26 Å². The molecule has 0 saturated carbocycles. The van der Waals surface area contributed by atoms with E-state index in [1.807, 2.05) is 45.0 Å². The van der Waals surface area contributed by atoms with Gasteiger partial charge in [-0.25, -0.2) is 9.18 Å². The minimum Gasteiger partial charge on any atom is -0.465 e. The van der Waals surface area contributed by atoms with E-state index in [2.05, 4.69) is 10.2 Å². The van der Waals surface area contributed by atoms with Crippen molar-refractivity contribution in [1.29, 1.82) is 5.26 Å². The van der Waals surface area contributed by atoms with Crippen LogP contribution in [0.25, 0.3) is 21.1 Å². The van der Waals surface area contributed by atoms with Gasteiger partial charge in [-0.3, -0.25) is 4.90 Å². The quantitative estimate of drug-likeness (QED) is 0.573. The van der Waals surface area contributed by atoms with Crippen molar-refractivity contribution in [2.24, 2.45) is 0 Å². The maximum Gasteiger partial charge on any atom is 0.408 e. The number of amides is 1. The zero-order valence-corrected chi connectivity index (χ0v) is 18.2. The number of hydrogen-bond acceptors (Lipinski definition) is 5. The Hall–Kier alpha value is -3.31. The van der Waals surface area contributed by atoms with Crippen LogP contribution in [0.4, 0.5) is 9.18 Å². The SMILES string of the molecule is CC(C)(C)N(C(=O)O)[C@@H]1CCc2c(-c3nnc(-c4ccc(F)c(C#N)c4)s3)cccc21.